The number of imidazole rings is 1. The highest BCUT2D eigenvalue weighted by molar-refractivity contribution is 5.91. The van der Waals surface area contributed by atoms with E-state index in [-0.39, 0.29) is 6.03 Å². The maximum absolute atomic E-state index is 12.7. The van der Waals surface area contributed by atoms with Gasteiger partial charge in [-0.05, 0) is 29.8 Å². The molecule has 7 heteroatoms. The zero-order valence-electron chi connectivity index (χ0n) is 15.5. The number of carbonyl (C=O) groups is 1. The quantitative estimate of drug-likeness (QED) is 0.701. The van der Waals surface area contributed by atoms with Crippen LogP contribution in [0.1, 0.15) is 17.4 Å². The number of aromatic nitrogens is 2. The summed E-state index contributed by atoms with van der Waals surface area (Å²) < 4.78 is 12.4. The summed E-state index contributed by atoms with van der Waals surface area (Å²) >= 11 is 0. The molecule has 0 unspecified atom stereocenters. The zero-order chi connectivity index (χ0) is 19.2. The largest absolute Gasteiger partial charge is 0.497 e. The molecule has 0 saturated heterocycles. The fourth-order valence-corrected chi connectivity index (χ4v) is 2.79. The molecule has 7 nitrogen and oxygen atoms in total. The third kappa shape index (κ3) is 4.20. The first-order chi connectivity index (χ1) is 13.1. The van der Waals surface area contributed by atoms with Gasteiger partial charge in [-0.25, -0.2) is 9.78 Å². The van der Waals surface area contributed by atoms with E-state index in [4.69, 9.17) is 9.47 Å². The van der Waals surface area contributed by atoms with Crippen molar-refractivity contribution in [3.63, 3.8) is 0 Å². The molecule has 0 aliphatic rings. The molecule has 0 radical (unpaired) electrons. The molecule has 0 fully saturated rings. The van der Waals surface area contributed by atoms with Crippen molar-refractivity contribution < 1.29 is 14.3 Å². The molecule has 0 aliphatic carbocycles. The number of carbonyl (C=O) groups excluding carboxylic acids is 1. The third-order valence-corrected chi connectivity index (χ3v) is 4.20. The zero-order valence-corrected chi connectivity index (χ0v) is 15.5. The highest BCUT2D eigenvalue weighted by Crippen LogP contribution is 2.25. The molecule has 1 aromatic heterocycles. The Labute approximate surface area is 157 Å². The Hall–Kier alpha value is -3.48. The summed E-state index contributed by atoms with van der Waals surface area (Å²) in [5.41, 5.74) is 1.48. The van der Waals surface area contributed by atoms with Gasteiger partial charge in [-0.15, -0.1) is 0 Å². The lowest BCUT2D eigenvalue weighted by atomic mass is 10.1. The second kappa shape index (κ2) is 8.27. The molecule has 0 spiro atoms. The first kappa shape index (κ1) is 18.3. The fraction of sp³-hybridized carbons (Fsp3) is 0.200. The Bertz CT molecular complexity index is 906. The maximum atomic E-state index is 12.7. The minimum absolute atomic E-state index is 0.358. The number of amides is 2. The predicted molar refractivity (Wildman–Crippen MR) is 103 cm³/mol. The Morgan fingerprint density at radius 2 is 1.81 bits per heavy atom. The number of hydrogen-bond donors (Lipinski definition) is 2. The molecule has 0 saturated carbocycles. The average Bonchev–Trinajstić information content (AvgIpc) is 3.12. The topological polar surface area (TPSA) is 77.4 Å². The molecule has 140 valence electrons. The lowest BCUT2D eigenvalue weighted by Crippen LogP contribution is -2.34. The Morgan fingerprint density at radius 3 is 2.44 bits per heavy atom. The van der Waals surface area contributed by atoms with Crippen molar-refractivity contribution >= 4 is 11.7 Å². The third-order valence-electron chi connectivity index (χ3n) is 4.20. The average molecular weight is 366 g/mol. The van der Waals surface area contributed by atoms with Crippen LogP contribution in [-0.4, -0.2) is 29.8 Å². The number of urea groups is 1. The van der Waals surface area contributed by atoms with Crippen LogP contribution in [-0.2, 0) is 7.05 Å². The van der Waals surface area contributed by atoms with Crippen LogP contribution in [0.4, 0.5) is 10.5 Å². The smallest absolute Gasteiger partial charge is 0.320 e. The molecule has 3 rings (SSSR count). The van der Waals surface area contributed by atoms with Gasteiger partial charge in [0, 0.05) is 19.4 Å². The van der Waals surface area contributed by atoms with E-state index in [1.165, 1.54) is 0 Å². The van der Waals surface area contributed by atoms with Crippen molar-refractivity contribution in [1.82, 2.24) is 14.9 Å². The molecular formula is C20H22N4O3. The van der Waals surface area contributed by atoms with Gasteiger partial charge in [0.15, 0.2) is 0 Å². The van der Waals surface area contributed by atoms with Crippen LogP contribution < -0.4 is 20.1 Å². The van der Waals surface area contributed by atoms with Crippen molar-refractivity contribution in [3.8, 4) is 11.5 Å². The van der Waals surface area contributed by atoms with Crippen molar-refractivity contribution in [2.24, 2.45) is 7.05 Å². The summed E-state index contributed by atoms with van der Waals surface area (Å²) in [6.07, 6.45) is 3.54. The number of para-hydroxylation sites is 2. The van der Waals surface area contributed by atoms with Crippen LogP contribution in [0.5, 0.6) is 11.5 Å². The first-order valence-electron chi connectivity index (χ1n) is 8.44. The summed E-state index contributed by atoms with van der Waals surface area (Å²) in [4.78, 5) is 17.0. The molecule has 2 amide bonds. The molecule has 2 aromatic carbocycles. The number of rotatable bonds is 6. The van der Waals surface area contributed by atoms with Crippen molar-refractivity contribution in [1.29, 1.82) is 0 Å². The SMILES string of the molecule is COc1ccc([C@H](NC(=O)Nc2ccccc2OC)c2nccn2C)cc1. The van der Waals surface area contributed by atoms with E-state index in [9.17, 15) is 4.79 Å². The van der Waals surface area contributed by atoms with Gasteiger partial charge < -0.3 is 24.7 Å². The summed E-state index contributed by atoms with van der Waals surface area (Å²) in [6, 6.07) is 14.0. The number of nitrogens with one attached hydrogen (secondary N) is 2. The minimum Gasteiger partial charge on any atom is -0.497 e. The van der Waals surface area contributed by atoms with Gasteiger partial charge in [-0.2, -0.15) is 0 Å². The number of ether oxygens (including phenoxy) is 2. The van der Waals surface area contributed by atoms with Crippen LogP contribution in [0.25, 0.3) is 0 Å². The van der Waals surface area contributed by atoms with Gasteiger partial charge in [0.2, 0.25) is 0 Å². The summed E-state index contributed by atoms with van der Waals surface area (Å²) in [5, 5.41) is 5.81. The van der Waals surface area contributed by atoms with E-state index in [0.29, 0.717) is 11.4 Å². The number of methoxy groups -OCH3 is 2. The molecule has 1 atom stereocenters. The highest BCUT2D eigenvalue weighted by Gasteiger charge is 2.21. The van der Waals surface area contributed by atoms with Crippen LogP contribution >= 0.6 is 0 Å². The second-order valence-electron chi connectivity index (χ2n) is 5.90. The lowest BCUT2D eigenvalue weighted by molar-refractivity contribution is 0.249. The fourth-order valence-electron chi connectivity index (χ4n) is 2.79. The minimum atomic E-state index is -0.425. The number of nitrogens with zero attached hydrogens (tertiary/aromatic N) is 2. The standard InChI is InChI=1S/C20H22N4O3/c1-24-13-12-21-19(24)18(14-8-10-15(26-2)11-9-14)23-20(25)22-16-6-4-5-7-17(16)27-3/h4-13,18H,1-3H3,(H2,22,23,25)/t18-/m0/s1. The number of anilines is 1. The van der Waals surface area contributed by atoms with Gasteiger partial charge in [0.05, 0.1) is 19.9 Å². The molecule has 1 heterocycles. The molecule has 0 aliphatic heterocycles. The number of benzene rings is 2. The van der Waals surface area contributed by atoms with E-state index in [1.54, 1.807) is 32.5 Å². The van der Waals surface area contributed by atoms with Gasteiger partial charge >= 0.3 is 6.03 Å². The Balaban J connectivity index is 1.85. The molecule has 3 aromatic rings. The normalized spacial score (nSPS) is 11.5. The Kier molecular flexibility index (Phi) is 5.61. The summed E-state index contributed by atoms with van der Waals surface area (Å²) in [7, 11) is 5.06. The van der Waals surface area contributed by atoms with Crippen LogP contribution in [0.2, 0.25) is 0 Å². The van der Waals surface area contributed by atoms with Crippen LogP contribution in [0, 0.1) is 0 Å². The van der Waals surface area contributed by atoms with Gasteiger partial charge in [0.1, 0.15) is 23.4 Å². The number of aryl methyl sites for hydroxylation is 1. The maximum Gasteiger partial charge on any atom is 0.320 e. The van der Waals surface area contributed by atoms with Crippen LogP contribution in [0.3, 0.4) is 0 Å². The Morgan fingerprint density at radius 1 is 1.07 bits per heavy atom. The van der Waals surface area contributed by atoms with E-state index in [2.05, 4.69) is 15.6 Å². The predicted octanol–water partition coefficient (Wildman–Crippen LogP) is 3.35. The lowest BCUT2D eigenvalue weighted by Gasteiger charge is -2.20. The summed E-state index contributed by atoms with van der Waals surface area (Å²) in [6.45, 7) is 0. The molecular weight excluding hydrogens is 344 g/mol. The summed E-state index contributed by atoms with van der Waals surface area (Å²) in [5.74, 6) is 2.05. The van der Waals surface area contributed by atoms with E-state index in [0.717, 1.165) is 17.1 Å². The van der Waals surface area contributed by atoms with Gasteiger partial charge in [-0.3, -0.25) is 0 Å². The first-order valence-corrected chi connectivity index (χ1v) is 8.44. The molecule has 2 N–H and O–H groups in total. The van der Waals surface area contributed by atoms with Crippen molar-refractivity contribution in [2.45, 2.75) is 6.04 Å². The van der Waals surface area contributed by atoms with Crippen molar-refractivity contribution in [3.05, 3.63) is 72.3 Å². The van der Waals surface area contributed by atoms with E-state index >= 15 is 0 Å². The van der Waals surface area contributed by atoms with Gasteiger partial charge in [-0.1, -0.05) is 24.3 Å². The van der Waals surface area contributed by atoms with Gasteiger partial charge in [0.25, 0.3) is 0 Å². The monoisotopic (exact) mass is 366 g/mol. The number of hydrogen-bond acceptors (Lipinski definition) is 4. The van der Waals surface area contributed by atoms with Crippen LogP contribution in [0.15, 0.2) is 60.9 Å². The molecule has 27 heavy (non-hydrogen) atoms. The second-order valence-corrected chi connectivity index (χ2v) is 5.90. The van der Waals surface area contributed by atoms with E-state index in [1.807, 2.05) is 54.2 Å². The van der Waals surface area contributed by atoms with Crippen molar-refractivity contribution in [2.75, 3.05) is 19.5 Å². The highest BCUT2D eigenvalue weighted by atomic mass is 16.5. The molecule has 0 bridgehead atoms. The van der Waals surface area contributed by atoms with E-state index < -0.39 is 6.04 Å².